The van der Waals surface area contributed by atoms with E-state index in [4.69, 9.17) is 5.11 Å². The fraction of sp³-hybridized carbons (Fsp3) is 0.571. The summed E-state index contributed by atoms with van der Waals surface area (Å²) in [4.78, 5) is 0.297. The van der Waals surface area contributed by atoms with Crippen molar-refractivity contribution in [1.29, 1.82) is 0 Å². The third-order valence-corrected chi connectivity index (χ3v) is 5.26. The molecule has 4 nitrogen and oxygen atoms in total. The van der Waals surface area contributed by atoms with E-state index in [2.05, 4.69) is 11.6 Å². The third-order valence-electron chi connectivity index (χ3n) is 3.78. The SMILES string of the molecule is CCc1ccc(CO)cc1S(=O)(=O)NCC1(C)CC1. The van der Waals surface area contributed by atoms with Crippen LogP contribution < -0.4 is 4.72 Å². The van der Waals surface area contributed by atoms with Crippen molar-refractivity contribution in [2.45, 2.75) is 44.6 Å². The Bertz CT molecular complexity index is 562. The molecule has 0 amide bonds. The second kappa shape index (κ2) is 5.23. The van der Waals surface area contributed by atoms with Gasteiger partial charge in [-0.1, -0.05) is 26.0 Å². The zero-order valence-corrected chi connectivity index (χ0v) is 12.3. The molecule has 1 aliphatic rings. The molecule has 1 aromatic rings. The van der Waals surface area contributed by atoms with E-state index in [9.17, 15) is 8.42 Å². The molecule has 0 aliphatic heterocycles. The van der Waals surface area contributed by atoms with Crippen molar-refractivity contribution >= 4 is 10.0 Å². The van der Waals surface area contributed by atoms with Gasteiger partial charge in [-0.05, 0) is 41.9 Å². The fourth-order valence-electron chi connectivity index (χ4n) is 1.98. The van der Waals surface area contributed by atoms with Gasteiger partial charge in [0.05, 0.1) is 11.5 Å². The molecular formula is C14H21NO3S. The number of nitrogens with one attached hydrogen (secondary N) is 1. The molecule has 0 radical (unpaired) electrons. The first-order chi connectivity index (χ1) is 8.90. The molecule has 0 saturated heterocycles. The molecule has 19 heavy (non-hydrogen) atoms. The van der Waals surface area contributed by atoms with Gasteiger partial charge in [-0.3, -0.25) is 0 Å². The molecule has 0 bridgehead atoms. The number of hydrogen-bond donors (Lipinski definition) is 2. The molecule has 5 heteroatoms. The molecule has 0 atom stereocenters. The molecule has 1 aliphatic carbocycles. The number of aliphatic hydroxyl groups excluding tert-OH is 1. The van der Waals surface area contributed by atoms with E-state index in [0.717, 1.165) is 18.4 Å². The van der Waals surface area contributed by atoms with Gasteiger partial charge >= 0.3 is 0 Å². The quantitative estimate of drug-likeness (QED) is 0.837. The van der Waals surface area contributed by atoms with Crippen molar-refractivity contribution < 1.29 is 13.5 Å². The maximum absolute atomic E-state index is 12.4. The first-order valence-electron chi connectivity index (χ1n) is 6.62. The van der Waals surface area contributed by atoms with Crippen LogP contribution in [-0.2, 0) is 23.1 Å². The predicted octanol–water partition coefficient (Wildman–Crippen LogP) is 1.82. The van der Waals surface area contributed by atoms with E-state index in [1.165, 1.54) is 0 Å². The van der Waals surface area contributed by atoms with Gasteiger partial charge in [-0.15, -0.1) is 0 Å². The monoisotopic (exact) mass is 283 g/mol. The number of aliphatic hydroxyl groups is 1. The lowest BCUT2D eigenvalue weighted by molar-refractivity contribution is 0.281. The summed E-state index contributed by atoms with van der Waals surface area (Å²) < 4.78 is 27.4. The average Bonchev–Trinajstić information content (AvgIpc) is 3.14. The summed E-state index contributed by atoms with van der Waals surface area (Å²) in [6.45, 7) is 4.35. The van der Waals surface area contributed by atoms with Crippen molar-refractivity contribution in [3.63, 3.8) is 0 Å². The molecule has 1 aromatic carbocycles. The van der Waals surface area contributed by atoms with Crippen LogP contribution in [0.3, 0.4) is 0 Å². The fourth-order valence-corrected chi connectivity index (χ4v) is 3.53. The minimum absolute atomic E-state index is 0.133. The standard InChI is InChI=1S/C14H21NO3S/c1-3-12-5-4-11(9-16)8-13(12)19(17,18)15-10-14(2)6-7-14/h4-5,8,15-16H,3,6-7,9-10H2,1-2H3. The van der Waals surface area contributed by atoms with Crippen LogP contribution >= 0.6 is 0 Å². The molecule has 1 fully saturated rings. The molecule has 0 unspecified atom stereocenters. The second-order valence-electron chi connectivity index (χ2n) is 5.59. The Morgan fingerprint density at radius 1 is 1.37 bits per heavy atom. The minimum atomic E-state index is -3.49. The van der Waals surface area contributed by atoms with Crippen LogP contribution in [0.2, 0.25) is 0 Å². The van der Waals surface area contributed by atoms with Crippen LogP contribution in [0.25, 0.3) is 0 Å². The predicted molar refractivity (Wildman–Crippen MR) is 74.3 cm³/mol. The highest BCUT2D eigenvalue weighted by Crippen LogP contribution is 2.44. The van der Waals surface area contributed by atoms with Crippen LogP contribution in [0.1, 0.15) is 37.8 Å². The van der Waals surface area contributed by atoms with Crippen LogP contribution in [0, 0.1) is 5.41 Å². The van der Waals surface area contributed by atoms with Gasteiger partial charge in [-0.25, -0.2) is 13.1 Å². The maximum atomic E-state index is 12.4. The van der Waals surface area contributed by atoms with E-state index in [-0.39, 0.29) is 12.0 Å². The van der Waals surface area contributed by atoms with Crippen LogP contribution in [-0.4, -0.2) is 20.1 Å². The Morgan fingerprint density at radius 3 is 2.58 bits per heavy atom. The van der Waals surface area contributed by atoms with E-state index < -0.39 is 10.0 Å². The van der Waals surface area contributed by atoms with Gasteiger partial charge in [0.1, 0.15) is 0 Å². The number of hydrogen-bond acceptors (Lipinski definition) is 3. The van der Waals surface area contributed by atoms with Gasteiger partial charge in [-0.2, -0.15) is 0 Å². The maximum Gasteiger partial charge on any atom is 0.240 e. The second-order valence-corrected chi connectivity index (χ2v) is 7.32. The average molecular weight is 283 g/mol. The Labute approximate surface area is 114 Å². The van der Waals surface area contributed by atoms with Gasteiger partial charge in [0.2, 0.25) is 10.0 Å². The van der Waals surface area contributed by atoms with Crippen molar-refractivity contribution in [3.05, 3.63) is 29.3 Å². The number of benzene rings is 1. The van der Waals surface area contributed by atoms with Crippen molar-refractivity contribution in [2.75, 3.05) is 6.54 Å². The highest BCUT2D eigenvalue weighted by molar-refractivity contribution is 7.89. The summed E-state index contributed by atoms with van der Waals surface area (Å²) >= 11 is 0. The molecule has 106 valence electrons. The molecule has 0 heterocycles. The van der Waals surface area contributed by atoms with E-state index in [1.807, 2.05) is 6.92 Å². The molecule has 1 saturated carbocycles. The van der Waals surface area contributed by atoms with Gasteiger partial charge in [0.15, 0.2) is 0 Å². The van der Waals surface area contributed by atoms with E-state index >= 15 is 0 Å². The lowest BCUT2D eigenvalue weighted by atomic mass is 10.1. The minimum Gasteiger partial charge on any atom is -0.392 e. The van der Waals surface area contributed by atoms with Crippen LogP contribution in [0.4, 0.5) is 0 Å². The molecular weight excluding hydrogens is 262 g/mol. The van der Waals surface area contributed by atoms with Crippen LogP contribution in [0.15, 0.2) is 23.1 Å². The van der Waals surface area contributed by atoms with Crippen molar-refractivity contribution in [2.24, 2.45) is 5.41 Å². The largest absolute Gasteiger partial charge is 0.392 e. The smallest absolute Gasteiger partial charge is 0.240 e. The van der Waals surface area contributed by atoms with E-state index in [1.54, 1.807) is 18.2 Å². The van der Waals surface area contributed by atoms with Crippen LogP contribution in [0.5, 0.6) is 0 Å². The van der Waals surface area contributed by atoms with Gasteiger partial charge < -0.3 is 5.11 Å². The molecule has 0 spiro atoms. The first-order valence-corrected chi connectivity index (χ1v) is 8.11. The lowest BCUT2D eigenvalue weighted by Gasteiger charge is -2.14. The third kappa shape index (κ3) is 3.35. The summed E-state index contributed by atoms with van der Waals surface area (Å²) in [5.74, 6) is 0. The van der Waals surface area contributed by atoms with E-state index in [0.29, 0.717) is 23.4 Å². The Hall–Kier alpha value is -0.910. The zero-order valence-electron chi connectivity index (χ0n) is 11.4. The van der Waals surface area contributed by atoms with Crippen molar-refractivity contribution in [1.82, 2.24) is 4.72 Å². The lowest BCUT2D eigenvalue weighted by Crippen LogP contribution is -2.30. The molecule has 2 N–H and O–H groups in total. The summed E-state index contributed by atoms with van der Waals surface area (Å²) in [5, 5.41) is 9.15. The number of sulfonamides is 1. The van der Waals surface area contributed by atoms with Gasteiger partial charge in [0.25, 0.3) is 0 Å². The van der Waals surface area contributed by atoms with Gasteiger partial charge in [0, 0.05) is 6.54 Å². The highest BCUT2D eigenvalue weighted by Gasteiger charge is 2.38. The topological polar surface area (TPSA) is 66.4 Å². The highest BCUT2D eigenvalue weighted by atomic mass is 32.2. The summed E-state index contributed by atoms with van der Waals surface area (Å²) in [5.41, 5.74) is 1.54. The van der Waals surface area contributed by atoms with Crippen molar-refractivity contribution in [3.8, 4) is 0 Å². The Balaban J connectivity index is 2.27. The first kappa shape index (κ1) is 14.5. The number of aryl methyl sites for hydroxylation is 1. The number of rotatable bonds is 6. The normalized spacial score (nSPS) is 17.4. The zero-order chi connectivity index (χ0) is 14.1. The summed E-state index contributed by atoms with van der Waals surface area (Å²) in [7, 11) is -3.49. The summed E-state index contributed by atoms with van der Waals surface area (Å²) in [6, 6.07) is 5.11. The Kier molecular flexibility index (Phi) is 3.99. The summed E-state index contributed by atoms with van der Waals surface area (Å²) in [6.07, 6.45) is 2.80. The Morgan fingerprint density at radius 2 is 2.05 bits per heavy atom. The molecule has 2 rings (SSSR count). The molecule has 0 aromatic heterocycles.